The smallest absolute Gasteiger partial charge is 0.294 e. The van der Waals surface area contributed by atoms with Crippen molar-refractivity contribution in [1.29, 1.82) is 0 Å². The molecule has 2 aromatic carbocycles. The van der Waals surface area contributed by atoms with Crippen LogP contribution >= 0.6 is 23.4 Å². The van der Waals surface area contributed by atoms with E-state index in [-0.39, 0.29) is 21.4 Å². The van der Waals surface area contributed by atoms with Crippen molar-refractivity contribution in [3.8, 4) is 11.5 Å². The molecule has 9 heteroatoms. The first kappa shape index (κ1) is 20.8. The largest absolute Gasteiger partial charge is 0.503 e. The lowest BCUT2D eigenvalue weighted by Crippen LogP contribution is -2.36. The second kappa shape index (κ2) is 8.59. The summed E-state index contributed by atoms with van der Waals surface area (Å²) in [6.07, 6.45) is 1.45. The number of halogens is 1. The number of aromatic hydroxyl groups is 1. The third kappa shape index (κ3) is 4.72. The summed E-state index contributed by atoms with van der Waals surface area (Å²) in [6.45, 7) is 1.53. The van der Waals surface area contributed by atoms with E-state index >= 15 is 0 Å². The number of rotatable bonds is 5. The number of nitrogens with zero attached hydrogens (tertiary/aromatic N) is 1. The maximum Gasteiger partial charge on any atom is 0.294 e. The molecule has 0 spiro atoms. The number of nitrogens with one attached hydrogen (secondary N) is 1. The minimum Gasteiger partial charge on any atom is -0.503 e. The molecule has 0 saturated carbocycles. The number of ether oxygens (including phenoxy) is 1. The molecule has 1 heterocycles. The molecule has 0 bridgehead atoms. The Morgan fingerprint density at radius 1 is 1.28 bits per heavy atom. The summed E-state index contributed by atoms with van der Waals surface area (Å²) in [5.41, 5.74) is 2.10. The number of anilines is 1. The van der Waals surface area contributed by atoms with Gasteiger partial charge in [-0.2, -0.15) is 0 Å². The van der Waals surface area contributed by atoms with Crippen molar-refractivity contribution in [3.63, 3.8) is 0 Å². The number of methoxy groups -OCH3 is 1. The Labute approximate surface area is 176 Å². The first-order valence-corrected chi connectivity index (χ1v) is 9.66. The van der Waals surface area contributed by atoms with Crippen molar-refractivity contribution in [2.24, 2.45) is 0 Å². The Balaban J connectivity index is 1.74. The molecule has 7 nitrogen and oxygen atoms in total. The van der Waals surface area contributed by atoms with E-state index in [1.807, 2.05) is 19.1 Å². The average molecular weight is 433 g/mol. The van der Waals surface area contributed by atoms with Gasteiger partial charge in [0.2, 0.25) is 5.91 Å². The zero-order chi connectivity index (χ0) is 21.1. The number of aryl methyl sites for hydroxylation is 1. The number of phenols is 1. The summed E-state index contributed by atoms with van der Waals surface area (Å²) < 4.78 is 5.03. The number of phenolic OH excluding ortho intramolecular Hbond substituents is 1. The first-order chi connectivity index (χ1) is 13.8. The van der Waals surface area contributed by atoms with Crippen LogP contribution in [0.15, 0.2) is 41.3 Å². The zero-order valence-electron chi connectivity index (χ0n) is 15.6. The topological polar surface area (TPSA) is 95.9 Å². The van der Waals surface area contributed by atoms with E-state index in [0.717, 1.165) is 22.2 Å². The highest BCUT2D eigenvalue weighted by molar-refractivity contribution is 8.18. The molecule has 0 radical (unpaired) electrons. The van der Waals surface area contributed by atoms with Gasteiger partial charge >= 0.3 is 0 Å². The SMILES string of the molecule is COc1cc(C=C2SC(=O)N(CC(=O)Nc3ccc(C)cc3)C2=O)cc(Cl)c1O. The molecule has 0 aliphatic carbocycles. The van der Waals surface area contributed by atoms with Gasteiger partial charge in [-0.05, 0) is 54.6 Å². The van der Waals surface area contributed by atoms with Crippen molar-refractivity contribution in [3.05, 3.63) is 57.5 Å². The van der Waals surface area contributed by atoms with Crippen molar-refractivity contribution >= 4 is 52.2 Å². The highest BCUT2D eigenvalue weighted by Gasteiger charge is 2.36. The molecular formula is C20H17ClN2O5S. The number of imide groups is 1. The second-order valence-electron chi connectivity index (χ2n) is 6.24. The van der Waals surface area contributed by atoms with Crippen molar-refractivity contribution in [2.75, 3.05) is 19.0 Å². The average Bonchev–Trinajstić information content (AvgIpc) is 2.93. The quantitative estimate of drug-likeness (QED) is 0.692. The predicted molar refractivity (Wildman–Crippen MR) is 112 cm³/mol. The van der Waals surface area contributed by atoms with Gasteiger partial charge in [-0.3, -0.25) is 19.3 Å². The molecule has 0 aromatic heterocycles. The summed E-state index contributed by atoms with van der Waals surface area (Å²) in [5, 5.41) is 12.0. The minimum absolute atomic E-state index is 0.0484. The van der Waals surface area contributed by atoms with Gasteiger partial charge in [-0.15, -0.1) is 0 Å². The predicted octanol–water partition coefficient (Wildman–Crippen LogP) is 4.04. The van der Waals surface area contributed by atoms with Gasteiger partial charge in [-0.1, -0.05) is 29.3 Å². The summed E-state index contributed by atoms with van der Waals surface area (Å²) >= 11 is 6.67. The fraction of sp³-hybridized carbons (Fsp3) is 0.150. The molecule has 1 aliphatic heterocycles. The summed E-state index contributed by atoms with van der Waals surface area (Å²) in [6, 6.07) is 10.1. The van der Waals surface area contributed by atoms with Crippen LogP contribution in [0.25, 0.3) is 6.08 Å². The molecular weight excluding hydrogens is 416 g/mol. The van der Waals surface area contributed by atoms with Crippen LogP contribution in [0.1, 0.15) is 11.1 Å². The Kier molecular flexibility index (Phi) is 6.14. The monoisotopic (exact) mass is 432 g/mol. The zero-order valence-corrected chi connectivity index (χ0v) is 17.1. The molecule has 0 atom stereocenters. The van der Waals surface area contributed by atoms with Crippen LogP contribution < -0.4 is 10.1 Å². The van der Waals surface area contributed by atoms with Gasteiger partial charge in [0.1, 0.15) is 6.54 Å². The number of amides is 3. The maximum atomic E-state index is 12.6. The highest BCUT2D eigenvalue weighted by Crippen LogP contribution is 2.37. The molecule has 2 aromatic rings. The number of hydrogen-bond acceptors (Lipinski definition) is 6. The Hall–Kier alpha value is -2.97. The number of carbonyl (C=O) groups excluding carboxylic acids is 3. The van der Waals surface area contributed by atoms with E-state index in [9.17, 15) is 19.5 Å². The van der Waals surface area contributed by atoms with Gasteiger partial charge in [-0.25, -0.2) is 0 Å². The molecule has 3 rings (SSSR count). The molecule has 3 amide bonds. The third-order valence-corrected chi connectivity index (χ3v) is 5.27. The Bertz CT molecular complexity index is 1020. The molecule has 2 N–H and O–H groups in total. The third-order valence-electron chi connectivity index (χ3n) is 4.08. The number of carbonyl (C=O) groups is 3. The summed E-state index contributed by atoms with van der Waals surface area (Å²) in [7, 11) is 1.37. The van der Waals surface area contributed by atoms with Crippen LogP contribution in [0, 0.1) is 6.92 Å². The van der Waals surface area contributed by atoms with Gasteiger partial charge in [0.25, 0.3) is 11.1 Å². The van der Waals surface area contributed by atoms with E-state index < -0.39 is 23.6 Å². The lowest BCUT2D eigenvalue weighted by Gasteiger charge is -2.12. The van der Waals surface area contributed by atoms with E-state index in [1.54, 1.807) is 12.1 Å². The normalized spacial score (nSPS) is 15.1. The Morgan fingerprint density at radius 2 is 1.97 bits per heavy atom. The molecule has 0 unspecified atom stereocenters. The fourth-order valence-corrected chi connectivity index (χ4v) is 3.66. The lowest BCUT2D eigenvalue weighted by atomic mass is 10.2. The van der Waals surface area contributed by atoms with Gasteiger partial charge in [0.05, 0.1) is 17.0 Å². The number of thioether (sulfide) groups is 1. The van der Waals surface area contributed by atoms with Gasteiger partial charge in [0, 0.05) is 5.69 Å². The van der Waals surface area contributed by atoms with Crippen LogP contribution in [-0.2, 0) is 9.59 Å². The van der Waals surface area contributed by atoms with Crippen LogP contribution in [0.2, 0.25) is 5.02 Å². The number of hydrogen-bond donors (Lipinski definition) is 2. The van der Waals surface area contributed by atoms with E-state index in [4.69, 9.17) is 16.3 Å². The van der Waals surface area contributed by atoms with Crippen molar-refractivity contribution in [2.45, 2.75) is 6.92 Å². The fourth-order valence-electron chi connectivity index (χ4n) is 2.60. The van der Waals surface area contributed by atoms with E-state index in [1.165, 1.54) is 25.3 Å². The van der Waals surface area contributed by atoms with Crippen LogP contribution in [0.3, 0.4) is 0 Å². The molecule has 29 heavy (non-hydrogen) atoms. The van der Waals surface area contributed by atoms with Gasteiger partial charge in [0.15, 0.2) is 11.5 Å². The Morgan fingerprint density at radius 3 is 2.62 bits per heavy atom. The van der Waals surface area contributed by atoms with Crippen molar-refractivity contribution in [1.82, 2.24) is 4.90 Å². The lowest BCUT2D eigenvalue weighted by molar-refractivity contribution is -0.127. The maximum absolute atomic E-state index is 12.6. The van der Waals surface area contributed by atoms with Crippen LogP contribution in [0.5, 0.6) is 11.5 Å². The first-order valence-electron chi connectivity index (χ1n) is 8.47. The summed E-state index contributed by atoms with van der Waals surface area (Å²) in [4.78, 5) is 38.0. The molecule has 1 aliphatic rings. The van der Waals surface area contributed by atoms with E-state index in [2.05, 4.69) is 5.32 Å². The molecule has 1 fully saturated rings. The van der Waals surface area contributed by atoms with Crippen molar-refractivity contribution < 1.29 is 24.2 Å². The number of benzene rings is 2. The molecule has 1 saturated heterocycles. The summed E-state index contributed by atoms with van der Waals surface area (Å²) in [5.74, 6) is -1.14. The van der Waals surface area contributed by atoms with Gasteiger partial charge < -0.3 is 15.2 Å². The van der Waals surface area contributed by atoms with Crippen LogP contribution in [0.4, 0.5) is 10.5 Å². The van der Waals surface area contributed by atoms with Crippen LogP contribution in [-0.4, -0.2) is 40.7 Å². The minimum atomic E-state index is -0.581. The standard InChI is InChI=1S/C20H17ClN2O5S/c1-11-3-5-13(6-4-11)22-17(24)10-23-19(26)16(29-20(23)27)9-12-7-14(21)18(25)15(8-12)28-2/h3-9,25H,10H2,1-2H3,(H,22,24). The second-order valence-corrected chi connectivity index (χ2v) is 7.64. The molecule has 150 valence electrons. The highest BCUT2D eigenvalue weighted by atomic mass is 35.5. The van der Waals surface area contributed by atoms with E-state index in [0.29, 0.717) is 11.3 Å².